The van der Waals surface area contributed by atoms with Gasteiger partial charge in [0.25, 0.3) is 0 Å². The van der Waals surface area contributed by atoms with Crippen LogP contribution in [0, 0.1) is 0 Å². The fourth-order valence-corrected chi connectivity index (χ4v) is 1.88. The van der Waals surface area contributed by atoms with Crippen LogP contribution in [0.3, 0.4) is 0 Å². The minimum Gasteiger partial charge on any atom is -0.497 e. The lowest BCUT2D eigenvalue weighted by atomic mass is 9.82. The lowest BCUT2D eigenvalue weighted by molar-refractivity contribution is -0.184. The molecular formula is C14H20O3. The summed E-state index contributed by atoms with van der Waals surface area (Å²) in [5.74, 6) is 0.785. The highest BCUT2D eigenvalue weighted by Gasteiger charge is 2.38. The summed E-state index contributed by atoms with van der Waals surface area (Å²) in [6, 6.07) is 5.95. The van der Waals surface area contributed by atoms with E-state index in [1.807, 2.05) is 18.2 Å². The first-order chi connectivity index (χ1) is 7.85. The zero-order valence-electron chi connectivity index (χ0n) is 10.9. The Morgan fingerprint density at radius 1 is 1.24 bits per heavy atom. The second kappa shape index (κ2) is 4.00. The average molecular weight is 236 g/mol. The van der Waals surface area contributed by atoms with Crippen molar-refractivity contribution >= 4 is 0 Å². The van der Waals surface area contributed by atoms with Crippen LogP contribution in [0.2, 0.25) is 0 Å². The molecule has 0 bridgehead atoms. The summed E-state index contributed by atoms with van der Waals surface area (Å²) in [6.45, 7) is 7.17. The van der Waals surface area contributed by atoms with Gasteiger partial charge in [0.15, 0.2) is 0 Å². The lowest BCUT2D eigenvalue weighted by Gasteiger charge is -2.37. The number of hydrogen-bond acceptors (Lipinski definition) is 3. The molecule has 0 atom stereocenters. The summed E-state index contributed by atoms with van der Waals surface area (Å²) < 4.78 is 10.4. The van der Waals surface area contributed by atoms with Crippen molar-refractivity contribution in [2.45, 2.75) is 31.8 Å². The molecule has 0 aromatic heterocycles. The Kier molecular flexibility index (Phi) is 2.92. The first kappa shape index (κ1) is 12.4. The SMILES string of the molecule is COc1cc(C(C)(C)C)cc(C2(O)COC2)c1. The van der Waals surface area contributed by atoms with Crippen molar-refractivity contribution in [1.29, 1.82) is 0 Å². The van der Waals surface area contributed by atoms with Crippen molar-refractivity contribution in [3.63, 3.8) is 0 Å². The average Bonchev–Trinajstić information content (AvgIpc) is 2.24. The number of benzene rings is 1. The highest BCUT2D eigenvalue weighted by molar-refractivity contribution is 5.41. The Bertz CT molecular complexity index is 414. The fraction of sp³-hybridized carbons (Fsp3) is 0.571. The molecule has 1 aliphatic rings. The highest BCUT2D eigenvalue weighted by atomic mass is 16.5. The summed E-state index contributed by atoms with van der Waals surface area (Å²) in [5, 5.41) is 10.3. The smallest absolute Gasteiger partial charge is 0.136 e. The van der Waals surface area contributed by atoms with E-state index in [0.717, 1.165) is 16.9 Å². The number of methoxy groups -OCH3 is 1. The van der Waals surface area contributed by atoms with E-state index in [0.29, 0.717) is 13.2 Å². The third kappa shape index (κ3) is 2.31. The van der Waals surface area contributed by atoms with E-state index in [1.54, 1.807) is 7.11 Å². The molecule has 0 unspecified atom stereocenters. The van der Waals surface area contributed by atoms with Crippen LogP contribution in [0.4, 0.5) is 0 Å². The van der Waals surface area contributed by atoms with Gasteiger partial charge in [-0.05, 0) is 28.7 Å². The first-order valence-corrected chi connectivity index (χ1v) is 5.85. The van der Waals surface area contributed by atoms with Gasteiger partial charge in [0.05, 0.1) is 20.3 Å². The maximum absolute atomic E-state index is 10.3. The van der Waals surface area contributed by atoms with Crippen molar-refractivity contribution in [3.05, 3.63) is 29.3 Å². The van der Waals surface area contributed by atoms with Gasteiger partial charge in [-0.2, -0.15) is 0 Å². The van der Waals surface area contributed by atoms with Gasteiger partial charge >= 0.3 is 0 Å². The predicted molar refractivity (Wildman–Crippen MR) is 66.4 cm³/mol. The molecule has 1 heterocycles. The van der Waals surface area contributed by atoms with Crippen LogP contribution >= 0.6 is 0 Å². The third-order valence-electron chi connectivity index (χ3n) is 3.23. The Labute approximate surface area is 102 Å². The van der Waals surface area contributed by atoms with Crippen molar-refractivity contribution in [2.75, 3.05) is 20.3 Å². The van der Waals surface area contributed by atoms with Gasteiger partial charge < -0.3 is 14.6 Å². The normalized spacial score (nSPS) is 18.6. The van der Waals surface area contributed by atoms with E-state index in [4.69, 9.17) is 9.47 Å². The molecule has 94 valence electrons. The van der Waals surface area contributed by atoms with E-state index in [-0.39, 0.29) is 5.41 Å². The van der Waals surface area contributed by atoms with E-state index in [1.165, 1.54) is 0 Å². The maximum atomic E-state index is 10.3. The molecule has 3 nitrogen and oxygen atoms in total. The Hall–Kier alpha value is -1.06. The van der Waals surface area contributed by atoms with Crippen LogP contribution < -0.4 is 4.74 Å². The van der Waals surface area contributed by atoms with E-state index in [9.17, 15) is 5.11 Å². The van der Waals surface area contributed by atoms with Crippen LogP contribution in [-0.4, -0.2) is 25.4 Å². The fourth-order valence-electron chi connectivity index (χ4n) is 1.88. The molecule has 17 heavy (non-hydrogen) atoms. The number of hydrogen-bond donors (Lipinski definition) is 1. The monoisotopic (exact) mass is 236 g/mol. The van der Waals surface area contributed by atoms with Gasteiger partial charge in [-0.25, -0.2) is 0 Å². The molecule has 2 rings (SSSR count). The summed E-state index contributed by atoms with van der Waals surface area (Å²) in [5.41, 5.74) is 1.24. The highest BCUT2D eigenvalue weighted by Crippen LogP contribution is 2.35. The largest absolute Gasteiger partial charge is 0.497 e. The molecule has 0 amide bonds. The molecule has 1 aromatic rings. The predicted octanol–water partition coefficient (Wildman–Crippen LogP) is 2.21. The summed E-state index contributed by atoms with van der Waals surface area (Å²) in [6.07, 6.45) is 0. The molecular weight excluding hydrogens is 216 g/mol. The molecule has 1 N–H and O–H groups in total. The van der Waals surface area contributed by atoms with Gasteiger partial charge in [-0.3, -0.25) is 0 Å². The lowest BCUT2D eigenvalue weighted by Crippen LogP contribution is -2.46. The van der Waals surface area contributed by atoms with Crippen LogP contribution in [-0.2, 0) is 15.8 Å². The maximum Gasteiger partial charge on any atom is 0.136 e. The third-order valence-corrected chi connectivity index (χ3v) is 3.23. The van der Waals surface area contributed by atoms with Crippen LogP contribution in [0.25, 0.3) is 0 Å². The zero-order valence-corrected chi connectivity index (χ0v) is 10.9. The minimum atomic E-state index is -0.839. The van der Waals surface area contributed by atoms with E-state index in [2.05, 4.69) is 20.8 Å². The van der Waals surface area contributed by atoms with Crippen molar-refractivity contribution in [2.24, 2.45) is 0 Å². The van der Waals surface area contributed by atoms with Gasteiger partial charge in [-0.15, -0.1) is 0 Å². The molecule has 1 saturated heterocycles. The van der Waals surface area contributed by atoms with Gasteiger partial charge in [0, 0.05) is 0 Å². The van der Waals surface area contributed by atoms with Crippen molar-refractivity contribution < 1.29 is 14.6 Å². The number of ether oxygens (including phenoxy) is 2. The second-order valence-electron chi connectivity index (χ2n) is 5.72. The summed E-state index contributed by atoms with van der Waals surface area (Å²) in [4.78, 5) is 0. The summed E-state index contributed by atoms with van der Waals surface area (Å²) in [7, 11) is 1.65. The number of aliphatic hydroxyl groups is 1. The Morgan fingerprint density at radius 2 is 1.88 bits per heavy atom. The summed E-state index contributed by atoms with van der Waals surface area (Å²) >= 11 is 0. The minimum absolute atomic E-state index is 0.0320. The molecule has 3 heteroatoms. The zero-order chi connectivity index (χ0) is 12.7. The topological polar surface area (TPSA) is 38.7 Å². The molecule has 0 saturated carbocycles. The number of rotatable bonds is 2. The Balaban J connectivity index is 2.46. The van der Waals surface area contributed by atoms with Gasteiger partial charge in [0.1, 0.15) is 11.4 Å². The molecule has 1 aliphatic heterocycles. The van der Waals surface area contributed by atoms with Gasteiger partial charge in [0.2, 0.25) is 0 Å². The molecule has 0 radical (unpaired) electrons. The van der Waals surface area contributed by atoms with Gasteiger partial charge in [-0.1, -0.05) is 26.8 Å². The van der Waals surface area contributed by atoms with E-state index < -0.39 is 5.60 Å². The van der Waals surface area contributed by atoms with E-state index >= 15 is 0 Å². The van der Waals surface area contributed by atoms with Crippen molar-refractivity contribution in [1.82, 2.24) is 0 Å². The second-order valence-corrected chi connectivity index (χ2v) is 5.72. The molecule has 0 aliphatic carbocycles. The first-order valence-electron chi connectivity index (χ1n) is 5.85. The molecule has 1 fully saturated rings. The van der Waals surface area contributed by atoms with Crippen LogP contribution in [0.5, 0.6) is 5.75 Å². The van der Waals surface area contributed by atoms with Crippen LogP contribution in [0.1, 0.15) is 31.9 Å². The van der Waals surface area contributed by atoms with Crippen LogP contribution in [0.15, 0.2) is 18.2 Å². The molecule has 1 aromatic carbocycles. The molecule has 0 spiro atoms. The standard InChI is InChI=1S/C14H20O3/c1-13(2,3)10-5-11(7-12(6-10)16-4)14(15)8-17-9-14/h5-7,15H,8-9H2,1-4H3. The quantitative estimate of drug-likeness (QED) is 0.855. The van der Waals surface area contributed by atoms with Crippen molar-refractivity contribution in [3.8, 4) is 5.75 Å². The Morgan fingerprint density at radius 3 is 2.29 bits per heavy atom.